The summed E-state index contributed by atoms with van der Waals surface area (Å²) in [4.78, 5) is 11.2. The Hall–Kier alpha value is -3.34. The molecule has 0 bridgehead atoms. The zero-order valence-electron chi connectivity index (χ0n) is 21.5. The van der Waals surface area contributed by atoms with Crippen molar-refractivity contribution in [3.8, 4) is 22.6 Å². The van der Waals surface area contributed by atoms with Gasteiger partial charge in [-0.15, -0.1) is 0 Å². The van der Waals surface area contributed by atoms with Crippen LogP contribution in [0, 0.1) is 17.2 Å². The van der Waals surface area contributed by atoms with E-state index in [1.165, 1.54) is 6.07 Å². The van der Waals surface area contributed by atoms with Crippen LogP contribution in [0.5, 0.6) is 11.5 Å². The number of benzene rings is 3. The van der Waals surface area contributed by atoms with Crippen molar-refractivity contribution in [2.24, 2.45) is 11.3 Å². The molecular formula is C31H35FO4. The average molecular weight is 491 g/mol. The number of carbonyl (C=O) groups is 1. The van der Waals surface area contributed by atoms with Crippen molar-refractivity contribution in [1.82, 2.24) is 0 Å². The van der Waals surface area contributed by atoms with Crippen molar-refractivity contribution < 1.29 is 23.8 Å². The molecule has 0 spiro atoms. The summed E-state index contributed by atoms with van der Waals surface area (Å²) >= 11 is 0. The number of hydrogen-bond donors (Lipinski definition) is 1. The van der Waals surface area contributed by atoms with Crippen LogP contribution in [0.4, 0.5) is 4.39 Å². The molecule has 36 heavy (non-hydrogen) atoms. The molecule has 4 rings (SSSR count). The molecule has 0 radical (unpaired) electrons. The SMILES string of the molecule is COc1ccc(F)c(-c2ccc(COc3cccc(C[C@@H](C)C(=O)O)c3)cc2C2CCCC2(C)C)c1. The number of methoxy groups -OCH3 is 1. The van der Waals surface area contributed by atoms with E-state index in [1.807, 2.05) is 36.4 Å². The number of hydrogen-bond acceptors (Lipinski definition) is 3. The summed E-state index contributed by atoms with van der Waals surface area (Å²) in [6.07, 6.45) is 3.81. The molecule has 1 unspecified atom stereocenters. The molecule has 1 aliphatic carbocycles. The van der Waals surface area contributed by atoms with Gasteiger partial charge < -0.3 is 14.6 Å². The predicted molar refractivity (Wildman–Crippen MR) is 140 cm³/mol. The minimum absolute atomic E-state index is 0.124. The van der Waals surface area contributed by atoms with Gasteiger partial charge in [0.25, 0.3) is 0 Å². The van der Waals surface area contributed by atoms with Crippen LogP contribution in [-0.4, -0.2) is 18.2 Å². The Morgan fingerprint density at radius 3 is 2.56 bits per heavy atom. The van der Waals surface area contributed by atoms with Gasteiger partial charge in [0.2, 0.25) is 0 Å². The van der Waals surface area contributed by atoms with Crippen molar-refractivity contribution in [2.75, 3.05) is 7.11 Å². The van der Waals surface area contributed by atoms with E-state index in [4.69, 9.17) is 9.47 Å². The first-order valence-electron chi connectivity index (χ1n) is 12.6. The average Bonchev–Trinajstić information content (AvgIpc) is 3.22. The van der Waals surface area contributed by atoms with Gasteiger partial charge in [0, 0.05) is 5.56 Å². The van der Waals surface area contributed by atoms with Gasteiger partial charge in [0.1, 0.15) is 23.9 Å². The Balaban J connectivity index is 1.63. The molecule has 0 amide bonds. The van der Waals surface area contributed by atoms with Gasteiger partial charge in [-0.3, -0.25) is 4.79 Å². The van der Waals surface area contributed by atoms with Crippen molar-refractivity contribution in [3.05, 3.63) is 83.2 Å². The second-order valence-electron chi connectivity index (χ2n) is 10.6. The minimum atomic E-state index is -0.809. The van der Waals surface area contributed by atoms with Crippen molar-refractivity contribution in [1.29, 1.82) is 0 Å². The normalized spacial score (nSPS) is 17.5. The number of carboxylic acids is 1. The Morgan fingerprint density at radius 1 is 1.06 bits per heavy atom. The van der Waals surface area contributed by atoms with E-state index in [-0.39, 0.29) is 11.2 Å². The highest BCUT2D eigenvalue weighted by Gasteiger charge is 2.37. The second-order valence-corrected chi connectivity index (χ2v) is 10.6. The zero-order valence-corrected chi connectivity index (χ0v) is 21.5. The summed E-state index contributed by atoms with van der Waals surface area (Å²) in [6, 6.07) is 18.7. The van der Waals surface area contributed by atoms with Gasteiger partial charge in [0.05, 0.1) is 13.0 Å². The molecule has 5 heteroatoms. The van der Waals surface area contributed by atoms with Gasteiger partial charge >= 0.3 is 5.97 Å². The fourth-order valence-electron chi connectivity index (χ4n) is 5.35. The molecule has 0 saturated heterocycles. The number of rotatable bonds is 9. The highest BCUT2D eigenvalue weighted by atomic mass is 19.1. The topological polar surface area (TPSA) is 55.8 Å². The molecule has 1 N–H and O–H groups in total. The summed E-state index contributed by atoms with van der Waals surface area (Å²) in [5.74, 6) is 0.129. The molecule has 0 aliphatic heterocycles. The molecule has 4 nitrogen and oxygen atoms in total. The Bertz CT molecular complexity index is 1230. The molecule has 3 aromatic carbocycles. The highest BCUT2D eigenvalue weighted by molar-refractivity contribution is 5.71. The third-order valence-electron chi connectivity index (χ3n) is 7.48. The van der Waals surface area contributed by atoms with Gasteiger partial charge in [-0.2, -0.15) is 0 Å². The van der Waals surface area contributed by atoms with Crippen LogP contribution in [0.15, 0.2) is 60.7 Å². The van der Waals surface area contributed by atoms with E-state index in [2.05, 4.69) is 19.9 Å². The van der Waals surface area contributed by atoms with E-state index in [1.54, 1.807) is 26.2 Å². The zero-order chi connectivity index (χ0) is 25.9. The molecule has 3 aromatic rings. The molecule has 1 saturated carbocycles. The standard InChI is InChI=1S/C31H35FO4/c1-20(30(33)34)15-21-7-5-8-24(16-21)36-19-22-10-12-25(27-18-23(35-4)11-13-29(27)32)26(17-22)28-9-6-14-31(28,2)3/h5,7-8,10-13,16-18,20,28H,6,9,14-15,19H2,1-4H3,(H,33,34)/t20-,28?/m1/s1. The lowest BCUT2D eigenvalue weighted by atomic mass is 9.75. The molecule has 1 aliphatic rings. The van der Waals surface area contributed by atoms with Gasteiger partial charge in [-0.05, 0) is 83.2 Å². The van der Waals surface area contributed by atoms with Crippen LogP contribution in [-0.2, 0) is 17.8 Å². The quantitative estimate of drug-likeness (QED) is 0.335. The molecule has 0 heterocycles. The Morgan fingerprint density at radius 2 is 1.86 bits per heavy atom. The number of aliphatic carboxylic acids is 1. The lowest BCUT2D eigenvalue weighted by Gasteiger charge is -2.30. The number of halogens is 1. The first-order chi connectivity index (χ1) is 17.2. The maximum absolute atomic E-state index is 15.0. The second kappa shape index (κ2) is 10.7. The van der Waals surface area contributed by atoms with Gasteiger partial charge in [0.15, 0.2) is 0 Å². The summed E-state index contributed by atoms with van der Waals surface area (Å²) in [5.41, 5.74) is 4.68. The Kier molecular flexibility index (Phi) is 7.67. The number of ether oxygens (including phenoxy) is 2. The minimum Gasteiger partial charge on any atom is -0.497 e. The summed E-state index contributed by atoms with van der Waals surface area (Å²) in [6.45, 7) is 6.67. The smallest absolute Gasteiger partial charge is 0.306 e. The largest absolute Gasteiger partial charge is 0.497 e. The third kappa shape index (κ3) is 5.72. The first kappa shape index (κ1) is 25.7. The van der Waals surface area contributed by atoms with Gasteiger partial charge in [-0.1, -0.05) is 57.5 Å². The number of carboxylic acid groups (broad SMARTS) is 1. The van der Waals surface area contributed by atoms with Gasteiger partial charge in [-0.25, -0.2) is 4.39 Å². The van der Waals surface area contributed by atoms with E-state index in [0.717, 1.165) is 41.5 Å². The molecule has 2 atom stereocenters. The van der Waals surface area contributed by atoms with E-state index < -0.39 is 11.9 Å². The fraction of sp³-hybridized carbons (Fsp3) is 0.387. The lowest BCUT2D eigenvalue weighted by Crippen LogP contribution is -2.17. The van der Waals surface area contributed by atoms with E-state index >= 15 is 0 Å². The summed E-state index contributed by atoms with van der Waals surface area (Å²) in [7, 11) is 1.59. The van der Waals surface area contributed by atoms with Crippen LogP contribution in [0.1, 0.15) is 62.6 Å². The lowest BCUT2D eigenvalue weighted by molar-refractivity contribution is -0.141. The molecule has 190 valence electrons. The summed E-state index contributed by atoms with van der Waals surface area (Å²) < 4.78 is 26.5. The summed E-state index contributed by atoms with van der Waals surface area (Å²) in [5, 5.41) is 9.21. The molecular weight excluding hydrogens is 455 g/mol. The molecule has 1 fully saturated rings. The highest BCUT2D eigenvalue weighted by Crippen LogP contribution is 2.51. The van der Waals surface area contributed by atoms with Crippen molar-refractivity contribution in [3.63, 3.8) is 0 Å². The maximum Gasteiger partial charge on any atom is 0.306 e. The van der Waals surface area contributed by atoms with Crippen LogP contribution in [0.2, 0.25) is 0 Å². The van der Waals surface area contributed by atoms with Crippen LogP contribution >= 0.6 is 0 Å². The maximum atomic E-state index is 15.0. The third-order valence-corrected chi connectivity index (χ3v) is 7.48. The van der Waals surface area contributed by atoms with Crippen LogP contribution in [0.3, 0.4) is 0 Å². The van der Waals surface area contributed by atoms with Crippen molar-refractivity contribution in [2.45, 2.75) is 59.0 Å². The van der Waals surface area contributed by atoms with E-state index in [0.29, 0.717) is 36.0 Å². The monoisotopic (exact) mass is 490 g/mol. The van der Waals surface area contributed by atoms with Crippen LogP contribution < -0.4 is 9.47 Å². The van der Waals surface area contributed by atoms with Crippen molar-refractivity contribution >= 4 is 5.97 Å². The fourth-order valence-corrected chi connectivity index (χ4v) is 5.35. The predicted octanol–water partition coefficient (Wildman–Crippen LogP) is 7.64. The first-order valence-corrected chi connectivity index (χ1v) is 12.6. The Labute approximate surface area is 213 Å². The van der Waals surface area contributed by atoms with Crippen LogP contribution in [0.25, 0.3) is 11.1 Å². The molecule has 0 aromatic heterocycles. The van der Waals surface area contributed by atoms with E-state index in [9.17, 15) is 14.3 Å².